The molecule has 0 unspecified atom stereocenters. The Balaban J connectivity index is 2.49. The average molecular weight is 237 g/mol. The van der Waals surface area contributed by atoms with Gasteiger partial charge in [-0.2, -0.15) is 18.4 Å². The lowest BCUT2D eigenvalue weighted by atomic mass is 10.1. The Hall–Kier alpha value is -2.29. The van der Waals surface area contributed by atoms with Gasteiger partial charge in [-0.25, -0.2) is 4.98 Å². The number of nitrogens with one attached hydrogen (secondary N) is 1. The van der Waals surface area contributed by atoms with Crippen LogP contribution in [0.25, 0.3) is 11.3 Å². The molecule has 17 heavy (non-hydrogen) atoms. The number of halogens is 3. The lowest BCUT2D eigenvalue weighted by Gasteiger charge is -2.01. The predicted molar refractivity (Wildman–Crippen MR) is 53.7 cm³/mol. The van der Waals surface area contributed by atoms with E-state index in [1.165, 1.54) is 6.07 Å². The van der Waals surface area contributed by atoms with Crippen molar-refractivity contribution in [3.63, 3.8) is 0 Å². The molecule has 1 heterocycles. The molecule has 1 aromatic carbocycles. The maximum Gasteiger partial charge on any atom is 0.449 e. The van der Waals surface area contributed by atoms with Crippen molar-refractivity contribution in [2.24, 2.45) is 0 Å². The summed E-state index contributed by atoms with van der Waals surface area (Å²) in [6, 6.07) is 8.26. The summed E-state index contributed by atoms with van der Waals surface area (Å²) in [6.07, 6.45) is -3.38. The third-order valence-electron chi connectivity index (χ3n) is 2.17. The Morgan fingerprint density at radius 1 is 1.24 bits per heavy atom. The minimum absolute atomic E-state index is 0.106. The second-order valence-electron chi connectivity index (χ2n) is 3.29. The summed E-state index contributed by atoms with van der Waals surface area (Å²) in [5.74, 6) is -1.07. The van der Waals surface area contributed by atoms with Crippen LogP contribution in [-0.2, 0) is 6.18 Å². The van der Waals surface area contributed by atoms with Crippen molar-refractivity contribution in [3.8, 4) is 17.3 Å². The lowest BCUT2D eigenvalue weighted by molar-refractivity contribution is -0.144. The molecule has 0 atom stereocenters. The fourth-order valence-corrected chi connectivity index (χ4v) is 1.41. The number of aromatic nitrogens is 2. The van der Waals surface area contributed by atoms with Gasteiger partial charge in [-0.1, -0.05) is 18.2 Å². The molecule has 0 aliphatic heterocycles. The Kier molecular flexibility index (Phi) is 2.60. The summed E-state index contributed by atoms with van der Waals surface area (Å²) in [4.78, 5) is 5.48. The van der Waals surface area contributed by atoms with E-state index in [1.54, 1.807) is 18.2 Å². The molecule has 2 aromatic rings. The van der Waals surface area contributed by atoms with Crippen LogP contribution in [0.2, 0.25) is 0 Å². The smallest absolute Gasteiger partial charge is 0.340 e. The van der Waals surface area contributed by atoms with Gasteiger partial charge in [0.05, 0.1) is 17.3 Å². The van der Waals surface area contributed by atoms with Crippen LogP contribution in [0.15, 0.2) is 30.5 Å². The van der Waals surface area contributed by atoms with Gasteiger partial charge in [-0.05, 0) is 6.07 Å². The molecular weight excluding hydrogens is 231 g/mol. The molecular formula is C11H6F3N3. The van der Waals surface area contributed by atoms with E-state index < -0.39 is 12.0 Å². The monoisotopic (exact) mass is 237 g/mol. The zero-order valence-corrected chi connectivity index (χ0v) is 8.42. The first-order valence-corrected chi connectivity index (χ1v) is 4.64. The summed E-state index contributed by atoms with van der Waals surface area (Å²) >= 11 is 0. The molecule has 1 aromatic heterocycles. The highest BCUT2D eigenvalue weighted by atomic mass is 19.4. The summed E-state index contributed by atoms with van der Waals surface area (Å²) in [5, 5.41) is 8.84. The van der Waals surface area contributed by atoms with Gasteiger partial charge < -0.3 is 4.98 Å². The Labute approximate surface area is 94.5 Å². The van der Waals surface area contributed by atoms with Crippen LogP contribution < -0.4 is 0 Å². The first-order valence-electron chi connectivity index (χ1n) is 4.64. The summed E-state index contributed by atoms with van der Waals surface area (Å²) in [6.45, 7) is 0. The molecule has 6 heteroatoms. The first kappa shape index (κ1) is 11.2. The van der Waals surface area contributed by atoms with Crippen molar-refractivity contribution in [3.05, 3.63) is 41.9 Å². The standard InChI is InChI=1S/C11H6F3N3/c12-11(13,14)10-16-6-9(17-10)8-4-2-1-3-7(8)5-15/h1-4,6H,(H,16,17). The van der Waals surface area contributed by atoms with Crippen LogP contribution in [-0.4, -0.2) is 9.97 Å². The van der Waals surface area contributed by atoms with Gasteiger partial charge in [0.15, 0.2) is 0 Å². The van der Waals surface area contributed by atoms with E-state index in [9.17, 15) is 13.2 Å². The molecule has 0 saturated heterocycles. The number of imidazole rings is 1. The third kappa shape index (κ3) is 2.13. The zero-order valence-electron chi connectivity index (χ0n) is 8.42. The van der Waals surface area contributed by atoms with Gasteiger partial charge in [0.25, 0.3) is 0 Å². The average Bonchev–Trinajstić information content (AvgIpc) is 2.77. The van der Waals surface area contributed by atoms with Crippen molar-refractivity contribution >= 4 is 0 Å². The summed E-state index contributed by atoms with van der Waals surface area (Å²) < 4.78 is 37.0. The third-order valence-corrected chi connectivity index (χ3v) is 2.17. The predicted octanol–water partition coefficient (Wildman–Crippen LogP) is 2.97. The van der Waals surface area contributed by atoms with E-state index in [0.29, 0.717) is 5.56 Å². The van der Waals surface area contributed by atoms with Gasteiger partial charge in [-0.15, -0.1) is 0 Å². The van der Waals surface area contributed by atoms with Crippen molar-refractivity contribution in [1.29, 1.82) is 5.26 Å². The van der Waals surface area contributed by atoms with Crippen LogP contribution in [0.4, 0.5) is 13.2 Å². The Morgan fingerprint density at radius 3 is 2.53 bits per heavy atom. The van der Waals surface area contributed by atoms with Gasteiger partial charge in [0.1, 0.15) is 0 Å². The topological polar surface area (TPSA) is 52.5 Å². The molecule has 2 rings (SSSR count). The lowest BCUT2D eigenvalue weighted by Crippen LogP contribution is -2.07. The number of hydrogen-bond donors (Lipinski definition) is 1. The first-order chi connectivity index (χ1) is 8.02. The minimum Gasteiger partial charge on any atom is -0.340 e. The molecule has 0 aliphatic carbocycles. The summed E-state index contributed by atoms with van der Waals surface area (Å²) in [7, 11) is 0. The number of nitrogens with zero attached hydrogens (tertiary/aromatic N) is 2. The van der Waals surface area contributed by atoms with Crippen molar-refractivity contribution in [2.45, 2.75) is 6.18 Å². The molecule has 0 saturated carbocycles. The molecule has 0 fully saturated rings. The van der Waals surface area contributed by atoms with Crippen LogP contribution in [0.1, 0.15) is 11.4 Å². The van der Waals surface area contributed by atoms with Crippen LogP contribution in [0.5, 0.6) is 0 Å². The number of rotatable bonds is 1. The molecule has 0 amide bonds. The van der Waals surface area contributed by atoms with Crippen LogP contribution in [0.3, 0.4) is 0 Å². The van der Waals surface area contributed by atoms with Crippen LogP contribution >= 0.6 is 0 Å². The highest BCUT2D eigenvalue weighted by molar-refractivity contribution is 5.66. The quantitative estimate of drug-likeness (QED) is 0.828. The van der Waals surface area contributed by atoms with E-state index >= 15 is 0 Å². The number of benzene rings is 1. The fraction of sp³-hybridized carbons (Fsp3) is 0.0909. The molecule has 0 aliphatic rings. The second kappa shape index (κ2) is 3.94. The largest absolute Gasteiger partial charge is 0.449 e. The van der Waals surface area contributed by atoms with E-state index in [4.69, 9.17) is 5.26 Å². The SMILES string of the molecule is N#Cc1ccccc1-c1c[nH]c(C(F)(F)F)n1. The number of hydrogen-bond acceptors (Lipinski definition) is 2. The molecule has 1 N–H and O–H groups in total. The van der Waals surface area contributed by atoms with Crippen molar-refractivity contribution in [2.75, 3.05) is 0 Å². The van der Waals surface area contributed by atoms with Crippen molar-refractivity contribution < 1.29 is 13.2 Å². The molecule has 0 spiro atoms. The van der Waals surface area contributed by atoms with E-state index in [0.717, 1.165) is 6.20 Å². The fourth-order valence-electron chi connectivity index (χ4n) is 1.41. The highest BCUT2D eigenvalue weighted by Crippen LogP contribution is 2.29. The van der Waals surface area contributed by atoms with Gasteiger partial charge in [0.2, 0.25) is 5.82 Å². The molecule has 0 bridgehead atoms. The molecule has 0 radical (unpaired) electrons. The molecule has 86 valence electrons. The highest BCUT2D eigenvalue weighted by Gasteiger charge is 2.34. The Bertz CT molecular complexity index is 578. The van der Waals surface area contributed by atoms with Crippen molar-refractivity contribution in [1.82, 2.24) is 9.97 Å². The number of nitriles is 1. The second-order valence-corrected chi connectivity index (χ2v) is 3.29. The number of aromatic amines is 1. The zero-order chi connectivity index (χ0) is 12.5. The number of alkyl halides is 3. The van der Waals surface area contributed by atoms with E-state index in [2.05, 4.69) is 4.98 Å². The summed E-state index contributed by atoms with van der Waals surface area (Å²) in [5.41, 5.74) is 0.768. The molecule has 3 nitrogen and oxygen atoms in total. The van der Waals surface area contributed by atoms with Crippen LogP contribution in [0, 0.1) is 11.3 Å². The maximum atomic E-state index is 12.3. The number of H-pyrrole nitrogens is 1. The van der Waals surface area contributed by atoms with Gasteiger partial charge in [-0.3, -0.25) is 0 Å². The minimum atomic E-state index is -4.51. The maximum absolute atomic E-state index is 12.3. The normalized spacial score (nSPS) is 11.2. The van der Waals surface area contributed by atoms with Gasteiger partial charge >= 0.3 is 6.18 Å². The van der Waals surface area contributed by atoms with Gasteiger partial charge in [0, 0.05) is 11.8 Å². The Morgan fingerprint density at radius 2 is 1.94 bits per heavy atom. The van der Waals surface area contributed by atoms with E-state index in [-0.39, 0.29) is 11.3 Å². The van der Waals surface area contributed by atoms with E-state index in [1.807, 2.05) is 11.1 Å².